The highest BCUT2D eigenvalue weighted by Gasteiger charge is 2.35. The van der Waals surface area contributed by atoms with E-state index in [0.717, 1.165) is 24.7 Å². The molecule has 0 unspecified atom stereocenters. The molecule has 1 heterocycles. The van der Waals surface area contributed by atoms with Crippen molar-refractivity contribution in [2.75, 3.05) is 19.9 Å². The third kappa shape index (κ3) is 2.52. The number of hydrogen-bond donors (Lipinski definition) is 1. The largest absolute Gasteiger partial charge is 0.481 e. The molecule has 1 saturated carbocycles. The average molecular weight is 269 g/mol. The van der Waals surface area contributed by atoms with Crippen molar-refractivity contribution >= 4 is 11.8 Å². The Hall–Kier alpha value is -0.680. The van der Waals surface area contributed by atoms with Crippen molar-refractivity contribution in [3.05, 3.63) is 11.3 Å². The van der Waals surface area contributed by atoms with E-state index >= 15 is 0 Å². The molecule has 0 amide bonds. The molecule has 0 atom stereocenters. The summed E-state index contributed by atoms with van der Waals surface area (Å²) in [6, 6.07) is 0. The van der Waals surface area contributed by atoms with Crippen LogP contribution in [0.2, 0.25) is 0 Å². The van der Waals surface area contributed by atoms with Crippen LogP contribution < -0.4 is 10.1 Å². The zero-order valence-corrected chi connectivity index (χ0v) is 12.6. The Morgan fingerprint density at radius 1 is 1.50 bits per heavy atom. The van der Waals surface area contributed by atoms with E-state index in [-0.39, 0.29) is 0 Å². The fraction of sp³-hybridized carbons (Fsp3) is 0.769. The number of nitrogens with one attached hydrogen (secondary N) is 1. The van der Waals surface area contributed by atoms with Gasteiger partial charge in [-0.1, -0.05) is 6.42 Å². The SMILES string of the molecule is COc1c(CNCC2(SC)CCC2)c(C)nn1C. The lowest BCUT2D eigenvalue weighted by atomic mass is 9.84. The van der Waals surface area contributed by atoms with Crippen molar-refractivity contribution in [3.8, 4) is 5.88 Å². The van der Waals surface area contributed by atoms with Crippen LogP contribution in [0.1, 0.15) is 30.5 Å². The molecule has 0 radical (unpaired) electrons. The van der Waals surface area contributed by atoms with E-state index in [2.05, 4.69) is 16.7 Å². The normalized spacial score (nSPS) is 17.6. The highest BCUT2D eigenvalue weighted by Crippen LogP contribution is 2.42. The maximum atomic E-state index is 5.40. The van der Waals surface area contributed by atoms with Crippen LogP contribution >= 0.6 is 11.8 Å². The van der Waals surface area contributed by atoms with Crippen molar-refractivity contribution < 1.29 is 4.74 Å². The van der Waals surface area contributed by atoms with Crippen molar-refractivity contribution in [1.82, 2.24) is 15.1 Å². The second kappa shape index (κ2) is 5.53. The Morgan fingerprint density at radius 2 is 2.22 bits per heavy atom. The lowest BCUT2D eigenvalue weighted by Gasteiger charge is -2.40. The maximum Gasteiger partial charge on any atom is 0.216 e. The van der Waals surface area contributed by atoms with E-state index in [1.54, 1.807) is 11.8 Å². The van der Waals surface area contributed by atoms with Crippen LogP contribution in [-0.2, 0) is 13.6 Å². The van der Waals surface area contributed by atoms with Crippen LogP contribution in [0.3, 0.4) is 0 Å². The van der Waals surface area contributed by atoms with Crippen LogP contribution in [0.5, 0.6) is 5.88 Å². The molecular formula is C13H23N3OS. The van der Waals surface area contributed by atoms with E-state index in [9.17, 15) is 0 Å². The summed E-state index contributed by atoms with van der Waals surface area (Å²) in [5, 5.41) is 7.97. The smallest absolute Gasteiger partial charge is 0.216 e. The summed E-state index contributed by atoms with van der Waals surface area (Å²) >= 11 is 2.00. The van der Waals surface area contributed by atoms with Crippen molar-refractivity contribution in [3.63, 3.8) is 0 Å². The number of aryl methyl sites for hydroxylation is 2. The number of rotatable bonds is 6. The van der Waals surface area contributed by atoms with E-state index in [1.165, 1.54) is 24.8 Å². The molecule has 1 aromatic rings. The van der Waals surface area contributed by atoms with Gasteiger partial charge in [0.1, 0.15) is 0 Å². The molecule has 1 aliphatic carbocycles. The molecule has 4 nitrogen and oxygen atoms in total. The summed E-state index contributed by atoms with van der Waals surface area (Å²) in [6.07, 6.45) is 6.27. The average Bonchev–Trinajstić information content (AvgIpc) is 2.57. The number of ether oxygens (including phenoxy) is 1. The number of hydrogen-bond acceptors (Lipinski definition) is 4. The molecule has 0 saturated heterocycles. The van der Waals surface area contributed by atoms with Crippen LogP contribution in [0, 0.1) is 6.92 Å². The molecule has 18 heavy (non-hydrogen) atoms. The molecule has 2 rings (SSSR count). The summed E-state index contributed by atoms with van der Waals surface area (Å²) < 4.78 is 7.68. The Balaban J connectivity index is 1.94. The second-order valence-corrected chi connectivity index (χ2v) is 6.32. The molecule has 102 valence electrons. The van der Waals surface area contributed by atoms with Gasteiger partial charge in [0, 0.05) is 24.9 Å². The van der Waals surface area contributed by atoms with Crippen LogP contribution in [0.15, 0.2) is 0 Å². The minimum absolute atomic E-state index is 0.476. The van der Waals surface area contributed by atoms with Gasteiger partial charge in [0.2, 0.25) is 5.88 Å². The van der Waals surface area contributed by atoms with E-state index in [1.807, 2.05) is 25.7 Å². The predicted octanol–water partition coefficient (Wildman–Crippen LogP) is 2.11. The molecule has 0 spiro atoms. The van der Waals surface area contributed by atoms with E-state index < -0.39 is 0 Å². The number of nitrogens with zero attached hydrogens (tertiary/aromatic N) is 2. The van der Waals surface area contributed by atoms with Gasteiger partial charge in [-0.25, -0.2) is 4.68 Å². The molecule has 0 aromatic carbocycles. The summed E-state index contributed by atoms with van der Waals surface area (Å²) in [4.78, 5) is 0. The molecule has 0 bridgehead atoms. The summed E-state index contributed by atoms with van der Waals surface area (Å²) in [7, 11) is 3.62. The van der Waals surface area contributed by atoms with Crippen LogP contribution in [0.4, 0.5) is 0 Å². The van der Waals surface area contributed by atoms with Gasteiger partial charge in [-0.05, 0) is 26.0 Å². The molecule has 1 aliphatic rings. The van der Waals surface area contributed by atoms with Gasteiger partial charge < -0.3 is 10.1 Å². The van der Waals surface area contributed by atoms with Gasteiger partial charge >= 0.3 is 0 Å². The Bertz CT molecular complexity index is 407. The summed E-state index contributed by atoms with van der Waals surface area (Å²) in [5.74, 6) is 0.867. The third-order valence-corrected chi connectivity index (χ3v) is 5.35. The highest BCUT2D eigenvalue weighted by molar-refractivity contribution is 8.00. The van der Waals surface area contributed by atoms with E-state index in [0.29, 0.717) is 4.75 Å². The molecule has 5 heteroatoms. The minimum Gasteiger partial charge on any atom is -0.481 e. The molecule has 1 fully saturated rings. The summed E-state index contributed by atoms with van der Waals surface area (Å²) in [5.41, 5.74) is 2.23. The zero-order chi connectivity index (χ0) is 13.2. The lowest BCUT2D eigenvalue weighted by Crippen LogP contribution is -2.43. The van der Waals surface area contributed by atoms with Gasteiger partial charge in [0.15, 0.2) is 0 Å². The first kappa shape index (κ1) is 13.7. The van der Waals surface area contributed by atoms with Gasteiger partial charge in [0.25, 0.3) is 0 Å². The fourth-order valence-corrected chi connectivity index (χ4v) is 3.52. The quantitative estimate of drug-likeness (QED) is 0.858. The van der Waals surface area contributed by atoms with Gasteiger partial charge in [0.05, 0.1) is 18.4 Å². The lowest BCUT2D eigenvalue weighted by molar-refractivity contribution is 0.341. The highest BCUT2D eigenvalue weighted by atomic mass is 32.2. The van der Waals surface area contributed by atoms with Crippen molar-refractivity contribution in [2.45, 2.75) is 37.5 Å². The molecular weight excluding hydrogens is 246 g/mol. The minimum atomic E-state index is 0.476. The number of aromatic nitrogens is 2. The third-order valence-electron chi connectivity index (χ3n) is 3.93. The first-order chi connectivity index (χ1) is 8.62. The first-order valence-electron chi connectivity index (χ1n) is 6.44. The van der Waals surface area contributed by atoms with E-state index in [4.69, 9.17) is 4.74 Å². The Kier molecular flexibility index (Phi) is 4.22. The van der Waals surface area contributed by atoms with Gasteiger partial charge in [-0.3, -0.25) is 0 Å². The van der Waals surface area contributed by atoms with Gasteiger partial charge in [-0.2, -0.15) is 16.9 Å². The maximum absolute atomic E-state index is 5.40. The topological polar surface area (TPSA) is 39.1 Å². The van der Waals surface area contributed by atoms with Crippen molar-refractivity contribution in [1.29, 1.82) is 0 Å². The fourth-order valence-electron chi connectivity index (χ4n) is 2.58. The number of methoxy groups -OCH3 is 1. The van der Waals surface area contributed by atoms with Crippen molar-refractivity contribution in [2.24, 2.45) is 7.05 Å². The standard InChI is InChI=1S/C13H23N3OS/c1-10-11(12(17-3)16(2)15-10)8-14-9-13(18-4)6-5-7-13/h14H,5-9H2,1-4H3. The Labute approximate surface area is 113 Å². The zero-order valence-electron chi connectivity index (χ0n) is 11.7. The van der Waals surface area contributed by atoms with Crippen LogP contribution in [0.25, 0.3) is 0 Å². The number of thioether (sulfide) groups is 1. The second-order valence-electron chi connectivity index (χ2n) is 5.04. The molecule has 1 aromatic heterocycles. The van der Waals surface area contributed by atoms with Gasteiger partial charge in [-0.15, -0.1) is 0 Å². The van der Waals surface area contributed by atoms with Crippen LogP contribution in [-0.4, -0.2) is 34.4 Å². The molecule has 0 aliphatic heterocycles. The monoisotopic (exact) mass is 269 g/mol. The molecule has 1 N–H and O–H groups in total. The predicted molar refractivity (Wildman–Crippen MR) is 76.3 cm³/mol. The summed E-state index contributed by atoms with van der Waals surface area (Å²) in [6.45, 7) is 3.95. The first-order valence-corrected chi connectivity index (χ1v) is 7.67. The Morgan fingerprint density at radius 3 is 2.72 bits per heavy atom.